The molecule has 1 unspecified atom stereocenters. The molecule has 1 aromatic carbocycles. The van der Waals surface area contributed by atoms with Crippen molar-refractivity contribution >= 4 is 35.0 Å². The SMILES string of the molecule is C#CC1CN(C2CCCC2)c2nc(Nc3ccc(C(=O)NC4CCN(C)CC4)cc3OC)ncc2N(C)C1=O. The Balaban J connectivity index is 1.38. The number of nitrogens with zero attached hydrogens (tertiary/aromatic N) is 5. The van der Waals surface area contributed by atoms with E-state index < -0.39 is 5.92 Å². The van der Waals surface area contributed by atoms with E-state index >= 15 is 0 Å². The van der Waals surface area contributed by atoms with Gasteiger partial charge in [0.25, 0.3) is 5.91 Å². The van der Waals surface area contributed by atoms with Crippen LogP contribution in [0.2, 0.25) is 0 Å². The molecule has 10 nitrogen and oxygen atoms in total. The molecule has 2 fully saturated rings. The van der Waals surface area contributed by atoms with Crippen LogP contribution in [0.1, 0.15) is 48.9 Å². The second-order valence-corrected chi connectivity index (χ2v) is 10.7. The van der Waals surface area contributed by atoms with Crippen LogP contribution in [0.25, 0.3) is 0 Å². The van der Waals surface area contributed by atoms with Crippen molar-refractivity contribution in [2.75, 3.05) is 56.0 Å². The number of benzene rings is 1. The number of hydrogen-bond acceptors (Lipinski definition) is 8. The van der Waals surface area contributed by atoms with Gasteiger partial charge in [-0.3, -0.25) is 9.59 Å². The van der Waals surface area contributed by atoms with Gasteiger partial charge in [0.1, 0.15) is 17.4 Å². The lowest BCUT2D eigenvalue weighted by molar-refractivity contribution is -0.120. The fourth-order valence-electron chi connectivity index (χ4n) is 5.73. The van der Waals surface area contributed by atoms with Crippen molar-refractivity contribution in [3.8, 4) is 18.1 Å². The van der Waals surface area contributed by atoms with E-state index in [0.717, 1.165) is 51.6 Å². The Labute approximate surface area is 230 Å². The maximum Gasteiger partial charge on any atom is 0.251 e. The predicted octanol–water partition coefficient (Wildman–Crippen LogP) is 3.03. The quantitative estimate of drug-likeness (QED) is 0.549. The minimum absolute atomic E-state index is 0.112. The van der Waals surface area contributed by atoms with Gasteiger partial charge in [0.2, 0.25) is 11.9 Å². The average Bonchev–Trinajstić information content (AvgIpc) is 3.46. The second kappa shape index (κ2) is 11.5. The van der Waals surface area contributed by atoms with Gasteiger partial charge in [-0.05, 0) is 64.0 Å². The van der Waals surface area contributed by atoms with E-state index in [4.69, 9.17) is 16.1 Å². The summed E-state index contributed by atoms with van der Waals surface area (Å²) in [5, 5.41) is 6.40. The first kappa shape index (κ1) is 26.8. The number of methoxy groups -OCH3 is 1. The van der Waals surface area contributed by atoms with E-state index in [1.54, 1.807) is 43.5 Å². The largest absolute Gasteiger partial charge is 0.495 e. The molecule has 206 valence electrons. The van der Waals surface area contributed by atoms with Crippen LogP contribution in [0.5, 0.6) is 5.75 Å². The van der Waals surface area contributed by atoms with Crippen LogP contribution in [-0.2, 0) is 4.79 Å². The van der Waals surface area contributed by atoms with Gasteiger partial charge in [0.05, 0.1) is 19.0 Å². The normalized spacial score (nSPS) is 20.8. The van der Waals surface area contributed by atoms with E-state index in [9.17, 15) is 9.59 Å². The summed E-state index contributed by atoms with van der Waals surface area (Å²) in [5.74, 6) is 3.47. The number of carbonyl (C=O) groups excluding carboxylic acids is 2. The summed E-state index contributed by atoms with van der Waals surface area (Å²) in [6, 6.07) is 5.75. The van der Waals surface area contributed by atoms with Gasteiger partial charge in [0.15, 0.2) is 5.82 Å². The first-order valence-corrected chi connectivity index (χ1v) is 13.7. The lowest BCUT2D eigenvalue weighted by Crippen LogP contribution is -2.43. The zero-order valence-corrected chi connectivity index (χ0v) is 22.9. The molecular formula is C29H37N7O3. The Morgan fingerprint density at radius 2 is 1.90 bits per heavy atom. The zero-order valence-electron chi connectivity index (χ0n) is 22.9. The van der Waals surface area contributed by atoms with Crippen molar-refractivity contribution in [1.29, 1.82) is 0 Å². The fraction of sp³-hybridized carbons (Fsp3) is 0.517. The van der Waals surface area contributed by atoms with E-state index in [1.807, 2.05) is 0 Å². The Morgan fingerprint density at radius 3 is 2.59 bits per heavy atom. The summed E-state index contributed by atoms with van der Waals surface area (Å²) in [6.45, 7) is 2.38. The number of terminal acetylenes is 1. The third kappa shape index (κ3) is 5.64. The summed E-state index contributed by atoms with van der Waals surface area (Å²) in [4.78, 5) is 41.3. The number of rotatable bonds is 6. The van der Waals surface area contributed by atoms with Gasteiger partial charge in [0, 0.05) is 31.2 Å². The van der Waals surface area contributed by atoms with E-state index in [1.165, 1.54) is 0 Å². The number of ether oxygens (including phenoxy) is 1. The monoisotopic (exact) mass is 531 g/mol. The van der Waals surface area contributed by atoms with Crippen molar-refractivity contribution < 1.29 is 14.3 Å². The van der Waals surface area contributed by atoms with Crippen LogP contribution in [0.4, 0.5) is 23.1 Å². The fourth-order valence-corrected chi connectivity index (χ4v) is 5.73. The highest BCUT2D eigenvalue weighted by Crippen LogP contribution is 2.38. The Hall–Kier alpha value is -3.84. The van der Waals surface area contributed by atoms with Crippen LogP contribution in [0.15, 0.2) is 24.4 Å². The highest BCUT2D eigenvalue weighted by atomic mass is 16.5. The molecule has 1 aromatic heterocycles. The molecule has 1 saturated heterocycles. The van der Waals surface area contributed by atoms with Crippen molar-refractivity contribution in [3.63, 3.8) is 0 Å². The van der Waals surface area contributed by atoms with Gasteiger partial charge in [-0.1, -0.05) is 18.8 Å². The number of carbonyl (C=O) groups is 2. The van der Waals surface area contributed by atoms with Crippen molar-refractivity contribution in [3.05, 3.63) is 30.0 Å². The molecule has 2 aliphatic heterocycles. The number of likely N-dealkylation sites (tertiary alicyclic amines) is 1. The molecule has 2 aromatic rings. The smallest absolute Gasteiger partial charge is 0.251 e. The van der Waals surface area contributed by atoms with Crippen LogP contribution >= 0.6 is 0 Å². The molecule has 10 heteroatoms. The van der Waals surface area contributed by atoms with Gasteiger partial charge in [-0.15, -0.1) is 6.42 Å². The molecule has 0 bridgehead atoms. The topological polar surface area (TPSA) is 103 Å². The lowest BCUT2D eigenvalue weighted by Gasteiger charge is -2.30. The Morgan fingerprint density at radius 1 is 1.15 bits per heavy atom. The molecule has 1 aliphatic carbocycles. The molecule has 1 saturated carbocycles. The Kier molecular flexibility index (Phi) is 7.89. The van der Waals surface area contributed by atoms with Crippen molar-refractivity contribution in [2.24, 2.45) is 5.92 Å². The maximum absolute atomic E-state index is 13.0. The summed E-state index contributed by atoms with van der Waals surface area (Å²) in [5.41, 5.74) is 1.82. The van der Waals surface area contributed by atoms with Gasteiger partial charge in [-0.25, -0.2) is 4.98 Å². The highest BCUT2D eigenvalue weighted by Gasteiger charge is 2.36. The number of amides is 2. The minimum atomic E-state index is -0.547. The van der Waals surface area contributed by atoms with Crippen molar-refractivity contribution in [1.82, 2.24) is 20.2 Å². The number of fused-ring (bicyclic) bond motifs is 1. The van der Waals surface area contributed by atoms with Crippen LogP contribution < -0.4 is 25.2 Å². The molecule has 5 rings (SSSR count). The number of piperidine rings is 1. The zero-order chi connectivity index (χ0) is 27.5. The third-order valence-electron chi connectivity index (χ3n) is 8.12. The van der Waals surface area contributed by atoms with Crippen LogP contribution in [0.3, 0.4) is 0 Å². The van der Waals surface area contributed by atoms with E-state index in [2.05, 4.69) is 38.4 Å². The molecule has 1 atom stereocenters. The number of anilines is 4. The maximum atomic E-state index is 13.0. The predicted molar refractivity (Wildman–Crippen MR) is 152 cm³/mol. The molecule has 3 heterocycles. The summed E-state index contributed by atoms with van der Waals surface area (Å²) >= 11 is 0. The molecule has 3 aliphatic rings. The summed E-state index contributed by atoms with van der Waals surface area (Å²) in [6.07, 6.45) is 13.7. The van der Waals surface area contributed by atoms with E-state index in [0.29, 0.717) is 41.0 Å². The Bertz CT molecular complexity index is 1260. The lowest BCUT2D eigenvalue weighted by atomic mass is 10.0. The van der Waals surface area contributed by atoms with Gasteiger partial charge >= 0.3 is 0 Å². The number of hydrogen-bond donors (Lipinski definition) is 2. The van der Waals surface area contributed by atoms with Gasteiger partial charge in [-0.2, -0.15) is 4.98 Å². The molecule has 2 amide bonds. The molecule has 0 radical (unpaired) electrons. The standard InChI is InChI=1S/C29H37N7O3/c1-5-19-18-36(22-8-6-7-9-22)26-24(35(3)28(19)38)17-30-29(33-26)32-23-11-10-20(16-25(23)39-4)27(37)31-21-12-14-34(2)15-13-21/h1,10-11,16-17,19,21-22H,6-9,12-15,18H2,2-4H3,(H,31,37)(H,30,32,33). The third-order valence-corrected chi connectivity index (χ3v) is 8.12. The van der Waals surface area contributed by atoms with Crippen molar-refractivity contribution in [2.45, 2.75) is 50.6 Å². The molecular weight excluding hydrogens is 494 g/mol. The van der Waals surface area contributed by atoms with Crippen LogP contribution in [0, 0.1) is 18.3 Å². The van der Waals surface area contributed by atoms with Gasteiger partial charge < -0.3 is 30.1 Å². The number of aromatic nitrogens is 2. The number of nitrogens with one attached hydrogen (secondary N) is 2. The first-order valence-electron chi connectivity index (χ1n) is 13.7. The summed E-state index contributed by atoms with van der Waals surface area (Å²) < 4.78 is 5.62. The molecule has 0 spiro atoms. The highest BCUT2D eigenvalue weighted by molar-refractivity contribution is 6.00. The van der Waals surface area contributed by atoms with Crippen LogP contribution in [-0.4, -0.2) is 79.6 Å². The molecule has 39 heavy (non-hydrogen) atoms. The molecule has 2 N–H and O–H groups in total. The second-order valence-electron chi connectivity index (χ2n) is 10.7. The first-order chi connectivity index (χ1) is 18.9. The summed E-state index contributed by atoms with van der Waals surface area (Å²) in [7, 11) is 5.39. The average molecular weight is 532 g/mol. The minimum Gasteiger partial charge on any atom is -0.495 e. The van der Waals surface area contributed by atoms with E-state index in [-0.39, 0.29) is 23.9 Å².